The molecule has 3 nitrogen and oxygen atoms in total. The number of aromatic nitrogens is 1. The van der Waals surface area contributed by atoms with Gasteiger partial charge in [-0.15, -0.1) is 0 Å². The number of hydrogen-bond acceptors (Lipinski definition) is 4. The standard InChI is InChI=1S/C12H15N3S/c1-15(2)12-14-11(10(8-13)16-12)9-6-4-3-5-7-9/h3-7H,8,13H2,1-2H3. The van der Waals surface area contributed by atoms with Crippen molar-refractivity contribution in [2.75, 3.05) is 19.0 Å². The van der Waals surface area contributed by atoms with Gasteiger partial charge in [-0.05, 0) is 0 Å². The Morgan fingerprint density at radius 2 is 1.94 bits per heavy atom. The van der Waals surface area contributed by atoms with Gasteiger partial charge in [0.1, 0.15) is 0 Å². The lowest BCUT2D eigenvalue weighted by Gasteiger charge is -2.05. The van der Waals surface area contributed by atoms with Crippen LogP contribution in [-0.4, -0.2) is 19.1 Å². The van der Waals surface area contributed by atoms with E-state index in [0.29, 0.717) is 6.54 Å². The molecule has 1 aromatic carbocycles. The van der Waals surface area contributed by atoms with Crippen molar-refractivity contribution in [2.24, 2.45) is 5.73 Å². The van der Waals surface area contributed by atoms with Gasteiger partial charge in [-0.3, -0.25) is 0 Å². The van der Waals surface area contributed by atoms with Gasteiger partial charge in [-0.1, -0.05) is 41.7 Å². The van der Waals surface area contributed by atoms with Crippen molar-refractivity contribution in [1.82, 2.24) is 4.98 Å². The van der Waals surface area contributed by atoms with E-state index in [2.05, 4.69) is 17.1 Å². The minimum atomic E-state index is 0.537. The maximum atomic E-state index is 5.75. The van der Waals surface area contributed by atoms with Gasteiger partial charge in [0.2, 0.25) is 0 Å². The Morgan fingerprint density at radius 3 is 2.50 bits per heavy atom. The van der Waals surface area contributed by atoms with Gasteiger partial charge in [0.15, 0.2) is 5.13 Å². The molecule has 1 aromatic heterocycles. The van der Waals surface area contributed by atoms with E-state index in [4.69, 9.17) is 5.73 Å². The van der Waals surface area contributed by atoms with Crippen LogP contribution in [0, 0.1) is 0 Å². The molecule has 2 N–H and O–H groups in total. The summed E-state index contributed by atoms with van der Waals surface area (Å²) in [6, 6.07) is 10.2. The van der Waals surface area contributed by atoms with E-state index in [1.165, 1.54) is 0 Å². The highest BCUT2D eigenvalue weighted by molar-refractivity contribution is 7.16. The minimum absolute atomic E-state index is 0.537. The molecule has 0 saturated heterocycles. The highest BCUT2D eigenvalue weighted by atomic mass is 32.1. The summed E-state index contributed by atoms with van der Waals surface area (Å²) in [5.41, 5.74) is 7.90. The third-order valence-corrected chi connectivity index (χ3v) is 3.55. The summed E-state index contributed by atoms with van der Waals surface area (Å²) in [6.07, 6.45) is 0. The van der Waals surface area contributed by atoms with Crippen LogP contribution in [0.25, 0.3) is 11.3 Å². The third-order valence-electron chi connectivity index (χ3n) is 2.30. The van der Waals surface area contributed by atoms with Crippen molar-refractivity contribution >= 4 is 16.5 Å². The fourth-order valence-electron chi connectivity index (χ4n) is 1.49. The maximum absolute atomic E-state index is 5.75. The lowest BCUT2D eigenvalue weighted by molar-refractivity contribution is 1.08. The quantitative estimate of drug-likeness (QED) is 0.884. The average Bonchev–Trinajstić information content (AvgIpc) is 2.74. The molecule has 0 saturated carbocycles. The van der Waals surface area contributed by atoms with Gasteiger partial charge in [-0.25, -0.2) is 4.98 Å². The molecule has 16 heavy (non-hydrogen) atoms. The summed E-state index contributed by atoms with van der Waals surface area (Å²) in [4.78, 5) is 7.76. The molecule has 1 heterocycles. The number of benzene rings is 1. The molecule has 0 aliphatic carbocycles. The normalized spacial score (nSPS) is 10.4. The highest BCUT2D eigenvalue weighted by Crippen LogP contribution is 2.31. The van der Waals surface area contributed by atoms with E-state index in [0.717, 1.165) is 21.3 Å². The van der Waals surface area contributed by atoms with E-state index >= 15 is 0 Å². The monoisotopic (exact) mass is 233 g/mol. The summed E-state index contributed by atoms with van der Waals surface area (Å²) in [7, 11) is 3.99. The summed E-state index contributed by atoms with van der Waals surface area (Å²) < 4.78 is 0. The Morgan fingerprint density at radius 1 is 1.25 bits per heavy atom. The maximum Gasteiger partial charge on any atom is 0.185 e. The van der Waals surface area contributed by atoms with Crippen molar-refractivity contribution in [3.63, 3.8) is 0 Å². The molecule has 0 aliphatic heterocycles. The van der Waals surface area contributed by atoms with Crippen LogP contribution >= 0.6 is 11.3 Å². The van der Waals surface area contributed by atoms with Gasteiger partial charge >= 0.3 is 0 Å². The van der Waals surface area contributed by atoms with Crippen LogP contribution < -0.4 is 10.6 Å². The van der Waals surface area contributed by atoms with Crippen LogP contribution in [0.2, 0.25) is 0 Å². The van der Waals surface area contributed by atoms with Crippen molar-refractivity contribution in [1.29, 1.82) is 0 Å². The second kappa shape index (κ2) is 4.63. The fourth-order valence-corrected chi connectivity index (χ4v) is 2.37. The Hall–Kier alpha value is -1.39. The molecule has 0 bridgehead atoms. The molecule has 0 radical (unpaired) electrons. The molecular formula is C12H15N3S. The van der Waals surface area contributed by atoms with E-state index in [1.54, 1.807) is 11.3 Å². The highest BCUT2D eigenvalue weighted by Gasteiger charge is 2.12. The smallest absolute Gasteiger partial charge is 0.185 e. The van der Waals surface area contributed by atoms with Crippen LogP contribution in [0.15, 0.2) is 30.3 Å². The van der Waals surface area contributed by atoms with Crippen molar-refractivity contribution in [2.45, 2.75) is 6.54 Å². The molecule has 0 fully saturated rings. The summed E-state index contributed by atoms with van der Waals surface area (Å²) in [6.45, 7) is 0.537. The number of thiazole rings is 1. The molecular weight excluding hydrogens is 218 g/mol. The van der Waals surface area contributed by atoms with E-state index in [1.807, 2.05) is 37.2 Å². The second-order valence-electron chi connectivity index (χ2n) is 3.73. The summed E-state index contributed by atoms with van der Waals surface area (Å²) in [5, 5.41) is 0.999. The first kappa shape index (κ1) is 11.1. The molecule has 0 atom stereocenters. The molecule has 4 heteroatoms. The van der Waals surface area contributed by atoms with Gasteiger partial charge < -0.3 is 10.6 Å². The number of nitrogens with zero attached hydrogens (tertiary/aromatic N) is 2. The van der Waals surface area contributed by atoms with Crippen LogP contribution in [0.5, 0.6) is 0 Å². The van der Waals surface area contributed by atoms with Gasteiger partial charge in [0.25, 0.3) is 0 Å². The Bertz CT molecular complexity index is 462. The second-order valence-corrected chi connectivity index (χ2v) is 4.79. The Kier molecular flexibility index (Phi) is 3.22. The number of anilines is 1. The number of rotatable bonds is 3. The Labute approximate surface area is 99.5 Å². The van der Waals surface area contributed by atoms with Crippen molar-refractivity contribution < 1.29 is 0 Å². The van der Waals surface area contributed by atoms with E-state index in [9.17, 15) is 0 Å². The van der Waals surface area contributed by atoms with Gasteiger partial charge in [0.05, 0.1) is 5.69 Å². The van der Waals surface area contributed by atoms with E-state index in [-0.39, 0.29) is 0 Å². The average molecular weight is 233 g/mol. The largest absolute Gasteiger partial charge is 0.354 e. The molecule has 2 rings (SSSR count). The predicted molar refractivity (Wildman–Crippen MR) is 69.8 cm³/mol. The van der Waals surface area contributed by atoms with E-state index < -0.39 is 0 Å². The molecule has 0 unspecified atom stereocenters. The summed E-state index contributed by atoms with van der Waals surface area (Å²) in [5.74, 6) is 0. The zero-order chi connectivity index (χ0) is 11.5. The van der Waals surface area contributed by atoms with Gasteiger partial charge in [-0.2, -0.15) is 0 Å². The summed E-state index contributed by atoms with van der Waals surface area (Å²) >= 11 is 1.65. The first-order chi connectivity index (χ1) is 7.72. The van der Waals surface area contributed by atoms with Crippen LogP contribution in [0.1, 0.15) is 4.88 Å². The molecule has 0 spiro atoms. The van der Waals surface area contributed by atoms with Crippen LogP contribution in [0.3, 0.4) is 0 Å². The SMILES string of the molecule is CN(C)c1nc(-c2ccccc2)c(CN)s1. The zero-order valence-electron chi connectivity index (χ0n) is 9.47. The first-order valence-corrected chi connectivity index (χ1v) is 5.96. The molecule has 0 amide bonds. The Balaban J connectivity index is 2.48. The fraction of sp³-hybridized carbons (Fsp3) is 0.250. The lowest BCUT2D eigenvalue weighted by atomic mass is 10.1. The van der Waals surface area contributed by atoms with Crippen molar-refractivity contribution in [3.05, 3.63) is 35.2 Å². The molecule has 84 valence electrons. The zero-order valence-corrected chi connectivity index (χ0v) is 10.3. The lowest BCUT2D eigenvalue weighted by Crippen LogP contribution is -2.07. The molecule has 0 aliphatic rings. The number of hydrogen-bond donors (Lipinski definition) is 1. The van der Waals surface area contributed by atoms with Gasteiger partial charge in [0, 0.05) is 31.1 Å². The molecule has 2 aromatic rings. The van der Waals surface area contributed by atoms with Crippen LogP contribution in [-0.2, 0) is 6.54 Å². The predicted octanol–water partition coefficient (Wildman–Crippen LogP) is 2.33. The third kappa shape index (κ3) is 2.08. The van der Waals surface area contributed by atoms with Crippen LogP contribution in [0.4, 0.5) is 5.13 Å². The topological polar surface area (TPSA) is 42.2 Å². The first-order valence-electron chi connectivity index (χ1n) is 5.15. The number of nitrogens with two attached hydrogens (primary N) is 1. The minimum Gasteiger partial charge on any atom is -0.354 e. The van der Waals surface area contributed by atoms with Crippen molar-refractivity contribution in [3.8, 4) is 11.3 Å².